The molecular formula is C85H142O17P2. The third-order valence-corrected chi connectivity index (χ3v) is 18.2. The Kier molecular flexibility index (Phi) is 72.4. The maximum Gasteiger partial charge on any atom is 0.472 e. The average molecular weight is 1500 g/mol. The first kappa shape index (κ1) is 98.9. The van der Waals surface area contributed by atoms with E-state index in [9.17, 15) is 43.2 Å². The van der Waals surface area contributed by atoms with E-state index < -0.39 is 97.5 Å². The van der Waals surface area contributed by atoms with Gasteiger partial charge in [0.25, 0.3) is 0 Å². The van der Waals surface area contributed by atoms with Gasteiger partial charge in [0.1, 0.15) is 19.3 Å². The Morgan fingerprint density at radius 2 is 0.500 bits per heavy atom. The molecule has 5 unspecified atom stereocenters. The molecule has 0 aromatic rings. The molecule has 594 valence electrons. The lowest BCUT2D eigenvalue weighted by Crippen LogP contribution is -2.30. The molecule has 0 aliphatic carbocycles. The first-order valence-electron chi connectivity index (χ1n) is 40.1. The molecule has 0 aromatic carbocycles. The number of hydrogen-bond acceptors (Lipinski definition) is 15. The summed E-state index contributed by atoms with van der Waals surface area (Å²) >= 11 is 0. The van der Waals surface area contributed by atoms with Crippen LogP contribution in [0.15, 0.2) is 146 Å². The van der Waals surface area contributed by atoms with Gasteiger partial charge in [-0.25, -0.2) is 9.13 Å². The van der Waals surface area contributed by atoms with Gasteiger partial charge in [-0.05, 0) is 167 Å². The van der Waals surface area contributed by atoms with E-state index in [2.05, 4.69) is 174 Å². The van der Waals surface area contributed by atoms with Crippen LogP contribution in [0.1, 0.15) is 310 Å². The van der Waals surface area contributed by atoms with Crippen molar-refractivity contribution in [3.63, 3.8) is 0 Å². The van der Waals surface area contributed by atoms with Gasteiger partial charge in [0.15, 0.2) is 12.2 Å². The smallest absolute Gasteiger partial charge is 0.462 e. The summed E-state index contributed by atoms with van der Waals surface area (Å²) in [6.45, 7) is 4.50. The molecule has 0 heterocycles. The van der Waals surface area contributed by atoms with Crippen LogP contribution in [0.2, 0.25) is 0 Å². The zero-order valence-electron chi connectivity index (χ0n) is 64.9. The van der Waals surface area contributed by atoms with Gasteiger partial charge in [0, 0.05) is 25.7 Å². The highest BCUT2D eigenvalue weighted by Gasteiger charge is 2.30. The molecule has 5 atom stereocenters. The number of hydrogen-bond donors (Lipinski definition) is 3. The Labute approximate surface area is 630 Å². The van der Waals surface area contributed by atoms with Crippen molar-refractivity contribution in [3.05, 3.63) is 146 Å². The molecule has 0 spiro atoms. The molecule has 0 amide bonds. The largest absolute Gasteiger partial charge is 0.472 e. The highest BCUT2D eigenvalue weighted by molar-refractivity contribution is 7.47. The van der Waals surface area contributed by atoms with Crippen LogP contribution in [-0.4, -0.2) is 96.7 Å². The maximum absolute atomic E-state index is 13.1. The van der Waals surface area contributed by atoms with Gasteiger partial charge in [-0.1, -0.05) is 263 Å². The Hall–Kier alpha value is -5.06. The van der Waals surface area contributed by atoms with Crippen molar-refractivity contribution >= 4 is 39.5 Å². The van der Waals surface area contributed by atoms with E-state index in [0.29, 0.717) is 32.1 Å². The zero-order valence-corrected chi connectivity index (χ0v) is 66.7. The molecule has 19 heteroatoms. The van der Waals surface area contributed by atoms with Crippen molar-refractivity contribution in [2.45, 2.75) is 329 Å². The standard InChI is InChI=1S/C85H142O17P2/c1-5-9-13-17-21-25-29-33-37-38-39-40-44-46-50-54-58-62-66-70-83(88)96-76-81(102-85(90)72-68-64-60-56-52-48-43-36-32-28-24-20-16-12-8-4)78-100-104(93,94)98-74-79(86)73-97-103(91,92)99-77-80(101-84(89)71-67-63-59-55-51-47-42-35-31-27-23-19-15-11-7-3)75-95-82(87)69-65-61-57-53-49-45-41-34-30-26-22-18-14-10-6-2/h9,12-13,16,21-28,33-37,39-43,52,56,79-81,86H,5-8,10-11,14-15,17-20,29-32,38,44-51,53-55,57-78H2,1-4H3,(H,91,92)(H,93,94)/b13-9-,16-12-,25-21-,26-22-,27-23-,28-24-,37-33-,40-39-,41-34-,42-35-,43-36-,56-52-. The number of allylic oxidation sites excluding steroid dienone is 24. The predicted molar refractivity (Wildman–Crippen MR) is 427 cm³/mol. The fourth-order valence-corrected chi connectivity index (χ4v) is 11.8. The molecule has 0 rings (SSSR count). The highest BCUT2D eigenvalue weighted by atomic mass is 31.2. The van der Waals surface area contributed by atoms with Gasteiger partial charge in [0.05, 0.1) is 26.4 Å². The molecule has 0 aliphatic rings. The second-order valence-corrected chi connectivity index (χ2v) is 29.1. The normalized spacial score (nSPS) is 14.6. The molecule has 0 aliphatic heterocycles. The van der Waals surface area contributed by atoms with E-state index in [1.165, 1.54) is 38.5 Å². The van der Waals surface area contributed by atoms with Crippen molar-refractivity contribution in [2.75, 3.05) is 39.6 Å². The fraction of sp³-hybridized carbons (Fsp3) is 0.671. The fourth-order valence-electron chi connectivity index (χ4n) is 10.2. The molecule has 104 heavy (non-hydrogen) atoms. The van der Waals surface area contributed by atoms with Crippen LogP contribution in [0.3, 0.4) is 0 Å². The lowest BCUT2D eigenvalue weighted by atomic mass is 10.1. The van der Waals surface area contributed by atoms with Crippen molar-refractivity contribution in [2.24, 2.45) is 0 Å². The van der Waals surface area contributed by atoms with Crippen molar-refractivity contribution in [1.29, 1.82) is 0 Å². The van der Waals surface area contributed by atoms with Gasteiger partial charge in [-0.2, -0.15) is 0 Å². The van der Waals surface area contributed by atoms with Gasteiger partial charge < -0.3 is 33.8 Å². The first-order chi connectivity index (χ1) is 50.7. The van der Waals surface area contributed by atoms with E-state index in [4.69, 9.17) is 37.0 Å². The van der Waals surface area contributed by atoms with E-state index in [0.717, 1.165) is 186 Å². The monoisotopic (exact) mass is 1500 g/mol. The number of aliphatic hydroxyl groups is 1. The number of carbonyl (C=O) groups excluding carboxylic acids is 4. The number of ether oxygens (including phenoxy) is 4. The summed E-state index contributed by atoms with van der Waals surface area (Å²) < 4.78 is 68.6. The number of aliphatic hydroxyl groups excluding tert-OH is 1. The second-order valence-electron chi connectivity index (χ2n) is 26.2. The van der Waals surface area contributed by atoms with Crippen LogP contribution in [0, 0.1) is 0 Å². The highest BCUT2D eigenvalue weighted by Crippen LogP contribution is 2.45. The lowest BCUT2D eigenvalue weighted by molar-refractivity contribution is -0.161. The SMILES string of the molecule is CC/C=C\C/C=C\C/C=C\C/C=C\CCCCCCCCC(=O)OCC(COP(=O)(O)OCC(O)COP(=O)(O)OCC(COC(=O)CCCCCCC/C=C\C/C=C\CCCCC)OC(=O)CCCCCCC/C=C\C/C=C\CCCCC)OC(=O)CCCC/C=C\C/C=C\C/C=C\C/C=C\CC. The number of esters is 4. The van der Waals surface area contributed by atoms with Gasteiger partial charge in [-0.15, -0.1) is 0 Å². The Morgan fingerprint density at radius 3 is 0.788 bits per heavy atom. The van der Waals surface area contributed by atoms with Crippen molar-refractivity contribution < 1.29 is 80.2 Å². The third kappa shape index (κ3) is 75.2. The molecule has 0 radical (unpaired) electrons. The summed E-state index contributed by atoms with van der Waals surface area (Å²) in [6.07, 6.45) is 86.8. The summed E-state index contributed by atoms with van der Waals surface area (Å²) in [5.74, 6) is -2.27. The van der Waals surface area contributed by atoms with Gasteiger partial charge in [0.2, 0.25) is 0 Å². The van der Waals surface area contributed by atoms with E-state index in [1.54, 1.807) is 0 Å². The molecule has 17 nitrogen and oxygen atoms in total. The molecular weight excluding hydrogens is 1350 g/mol. The molecule has 3 N–H and O–H groups in total. The van der Waals surface area contributed by atoms with E-state index in [1.807, 2.05) is 0 Å². The summed E-state index contributed by atoms with van der Waals surface area (Å²) in [4.78, 5) is 73.0. The summed E-state index contributed by atoms with van der Waals surface area (Å²) in [6, 6.07) is 0. The Bertz CT molecular complexity index is 2540. The van der Waals surface area contributed by atoms with Crippen LogP contribution in [0.25, 0.3) is 0 Å². The predicted octanol–water partition coefficient (Wildman–Crippen LogP) is 23.4. The van der Waals surface area contributed by atoms with Crippen LogP contribution in [0.5, 0.6) is 0 Å². The summed E-state index contributed by atoms with van der Waals surface area (Å²) in [7, 11) is -9.99. The van der Waals surface area contributed by atoms with Gasteiger partial charge in [-0.3, -0.25) is 37.3 Å². The Morgan fingerprint density at radius 1 is 0.279 bits per heavy atom. The van der Waals surface area contributed by atoms with Crippen LogP contribution in [0.4, 0.5) is 0 Å². The van der Waals surface area contributed by atoms with Crippen molar-refractivity contribution in [3.8, 4) is 0 Å². The first-order valence-corrected chi connectivity index (χ1v) is 43.1. The number of carbonyl (C=O) groups is 4. The number of phosphoric ester groups is 2. The zero-order chi connectivity index (χ0) is 76.0. The number of phosphoric acid groups is 2. The van der Waals surface area contributed by atoms with Crippen LogP contribution < -0.4 is 0 Å². The molecule has 0 aromatic heterocycles. The molecule has 0 saturated heterocycles. The Balaban J connectivity index is 5.43. The molecule has 0 fully saturated rings. The van der Waals surface area contributed by atoms with Crippen LogP contribution >= 0.6 is 15.6 Å². The van der Waals surface area contributed by atoms with E-state index in [-0.39, 0.29) is 25.7 Å². The minimum absolute atomic E-state index is 0.0345. The minimum atomic E-state index is -5.00. The topological polar surface area (TPSA) is 237 Å². The summed E-state index contributed by atoms with van der Waals surface area (Å²) in [5.41, 5.74) is 0. The maximum atomic E-state index is 13.1. The quantitative estimate of drug-likeness (QED) is 0.0169. The summed E-state index contributed by atoms with van der Waals surface area (Å²) in [5, 5.41) is 10.6. The van der Waals surface area contributed by atoms with E-state index >= 15 is 0 Å². The van der Waals surface area contributed by atoms with Crippen LogP contribution in [-0.2, 0) is 65.4 Å². The average Bonchev–Trinajstić information content (AvgIpc) is 0.918. The second kappa shape index (κ2) is 76.1. The molecule has 0 bridgehead atoms. The number of unbranched alkanes of at least 4 members (excludes halogenated alkanes) is 24. The third-order valence-electron chi connectivity index (χ3n) is 16.3. The lowest BCUT2D eigenvalue weighted by Gasteiger charge is -2.21. The number of rotatable bonds is 74. The van der Waals surface area contributed by atoms with Gasteiger partial charge >= 0.3 is 39.5 Å². The van der Waals surface area contributed by atoms with Crippen molar-refractivity contribution in [1.82, 2.24) is 0 Å². The minimum Gasteiger partial charge on any atom is -0.462 e. The molecule has 0 saturated carbocycles.